The van der Waals surface area contributed by atoms with Crippen molar-refractivity contribution in [2.24, 2.45) is 5.92 Å². The van der Waals surface area contributed by atoms with Crippen LogP contribution in [0.25, 0.3) is 0 Å². The largest absolute Gasteiger partial charge is 0.480 e. The second-order valence-corrected chi connectivity index (χ2v) is 5.89. The lowest BCUT2D eigenvalue weighted by Crippen LogP contribution is -2.46. The first-order valence-corrected chi connectivity index (χ1v) is 7.26. The number of nitrogens with zero attached hydrogens (tertiary/aromatic N) is 1. The number of carboxylic acids is 1. The van der Waals surface area contributed by atoms with Gasteiger partial charge in [-0.3, -0.25) is 4.79 Å². The Labute approximate surface area is 121 Å². The molecule has 2 aliphatic rings. The molecule has 2 heterocycles. The number of carbonyl (C=O) groups excluding carboxylic acids is 1. The molecule has 1 aliphatic heterocycles. The Morgan fingerprint density at radius 2 is 2.05 bits per heavy atom. The topological polar surface area (TPSA) is 70.8 Å². The van der Waals surface area contributed by atoms with Crippen LogP contribution in [0.3, 0.4) is 0 Å². The third-order valence-corrected chi connectivity index (χ3v) is 4.59. The third-order valence-electron chi connectivity index (χ3n) is 4.39. The zero-order valence-corrected chi connectivity index (χ0v) is 11.7. The van der Waals surface area contributed by atoms with Gasteiger partial charge in [0.15, 0.2) is 11.0 Å². The number of hydrogen-bond acceptors (Lipinski definition) is 3. The van der Waals surface area contributed by atoms with Gasteiger partial charge in [0.05, 0.1) is 0 Å². The summed E-state index contributed by atoms with van der Waals surface area (Å²) >= 11 is 5.69. The van der Waals surface area contributed by atoms with Crippen LogP contribution in [-0.2, 0) is 4.79 Å². The van der Waals surface area contributed by atoms with Gasteiger partial charge in [0.1, 0.15) is 6.04 Å². The zero-order chi connectivity index (χ0) is 14.3. The molecule has 20 heavy (non-hydrogen) atoms. The van der Waals surface area contributed by atoms with Crippen LogP contribution < -0.4 is 0 Å². The fourth-order valence-corrected chi connectivity index (χ4v) is 3.68. The van der Waals surface area contributed by atoms with E-state index >= 15 is 0 Å². The molecule has 1 saturated carbocycles. The van der Waals surface area contributed by atoms with Crippen molar-refractivity contribution >= 4 is 23.5 Å². The van der Waals surface area contributed by atoms with Crippen LogP contribution in [0.2, 0.25) is 5.22 Å². The second kappa shape index (κ2) is 5.13. The molecule has 3 rings (SSSR count). The molecule has 1 saturated heterocycles. The van der Waals surface area contributed by atoms with Crippen molar-refractivity contribution in [2.45, 2.75) is 44.2 Å². The summed E-state index contributed by atoms with van der Waals surface area (Å²) in [6.07, 6.45) is 4.56. The number of carboxylic acid groups (broad SMARTS) is 1. The number of rotatable bonds is 2. The van der Waals surface area contributed by atoms with Gasteiger partial charge in [-0.2, -0.15) is 0 Å². The predicted octanol–water partition coefficient (Wildman–Crippen LogP) is 2.79. The van der Waals surface area contributed by atoms with Crippen LogP contribution in [0.15, 0.2) is 16.5 Å². The van der Waals surface area contributed by atoms with Crippen LogP contribution in [0.5, 0.6) is 0 Å². The SMILES string of the molecule is O=C(O)[C@@H]1C[C@H]2CCCC[C@@H]2N1C(=O)c1ccc(Cl)o1. The first-order chi connectivity index (χ1) is 9.58. The highest BCUT2D eigenvalue weighted by atomic mass is 35.5. The monoisotopic (exact) mass is 297 g/mol. The minimum Gasteiger partial charge on any atom is -0.480 e. The third kappa shape index (κ3) is 2.20. The molecule has 1 aromatic rings. The van der Waals surface area contributed by atoms with E-state index in [1.807, 2.05) is 0 Å². The van der Waals surface area contributed by atoms with Gasteiger partial charge in [0.2, 0.25) is 0 Å². The molecule has 0 spiro atoms. The first-order valence-electron chi connectivity index (χ1n) is 6.88. The summed E-state index contributed by atoms with van der Waals surface area (Å²) in [4.78, 5) is 25.5. The van der Waals surface area contributed by atoms with E-state index in [0.29, 0.717) is 12.3 Å². The summed E-state index contributed by atoms with van der Waals surface area (Å²) in [5, 5.41) is 9.52. The highest BCUT2D eigenvalue weighted by Gasteiger charge is 2.48. The van der Waals surface area contributed by atoms with Crippen molar-refractivity contribution in [3.05, 3.63) is 23.1 Å². The van der Waals surface area contributed by atoms with Crippen LogP contribution in [0, 0.1) is 5.92 Å². The molecule has 5 nitrogen and oxygen atoms in total. The minimum atomic E-state index is -0.939. The normalized spacial score (nSPS) is 29.2. The van der Waals surface area contributed by atoms with Gasteiger partial charge >= 0.3 is 5.97 Å². The molecule has 1 aromatic heterocycles. The van der Waals surface area contributed by atoms with E-state index in [9.17, 15) is 14.7 Å². The standard InChI is InChI=1S/C14H16ClNO4/c15-12-6-5-11(20-12)13(17)16-9-4-2-1-3-8(9)7-10(16)14(18)19/h5-6,8-10H,1-4,7H2,(H,18,19)/t8-,9+,10+/m1/s1. The van der Waals surface area contributed by atoms with Crippen molar-refractivity contribution < 1.29 is 19.1 Å². The Bertz CT molecular complexity index is 541. The van der Waals surface area contributed by atoms with Crippen LogP contribution in [0.4, 0.5) is 0 Å². The molecule has 3 atom stereocenters. The Balaban J connectivity index is 1.90. The highest BCUT2D eigenvalue weighted by Crippen LogP contribution is 2.40. The van der Waals surface area contributed by atoms with E-state index in [2.05, 4.69) is 0 Å². The number of fused-ring (bicyclic) bond motifs is 1. The molecule has 0 unspecified atom stereocenters. The molecule has 0 bridgehead atoms. The quantitative estimate of drug-likeness (QED) is 0.911. The van der Waals surface area contributed by atoms with Crippen molar-refractivity contribution in [1.82, 2.24) is 4.90 Å². The number of aliphatic carboxylic acids is 1. The van der Waals surface area contributed by atoms with E-state index in [1.165, 1.54) is 17.0 Å². The molecule has 0 aromatic carbocycles. The second-order valence-electron chi connectivity index (χ2n) is 5.52. The van der Waals surface area contributed by atoms with E-state index in [4.69, 9.17) is 16.0 Å². The Kier molecular flexibility index (Phi) is 3.46. The smallest absolute Gasteiger partial charge is 0.326 e. The van der Waals surface area contributed by atoms with E-state index in [0.717, 1.165) is 25.7 Å². The average Bonchev–Trinajstić information content (AvgIpc) is 3.01. The number of carbonyl (C=O) groups is 2. The number of amides is 1. The maximum Gasteiger partial charge on any atom is 0.326 e. The van der Waals surface area contributed by atoms with Crippen molar-refractivity contribution in [2.75, 3.05) is 0 Å². The molecular weight excluding hydrogens is 282 g/mol. The lowest BCUT2D eigenvalue weighted by Gasteiger charge is -2.32. The van der Waals surface area contributed by atoms with Gasteiger partial charge < -0.3 is 14.4 Å². The maximum absolute atomic E-state index is 12.5. The highest BCUT2D eigenvalue weighted by molar-refractivity contribution is 6.29. The van der Waals surface area contributed by atoms with Gasteiger partial charge in [-0.25, -0.2) is 4.79 Å². The van der Waals surface area contributed by atoms with Crippen molar-refractivity contribution in [3.8, 4) is 0 Å². The van der Waals surface area contributed by atoms with Gasteiger partial charge in [-0.1, -0.05) is 12.8 Å². The summed E-state index contributed by atoms with van der Waals surface area (Å²) in [6.45, 7) is 0. The van der Waals surface area contributed by atoms with E-state index < -0.39 is 12.0 Å². The van der Waals surface area contributed by atoms with Crippen molar-refractivity contribution in [1.29, 1.82) is 0 Å². The van der Waals surface area contributed by atoms with Gasteiger partial charge in [0, 0.05) is 6.04 Å². The fraction of sp³-hybridized carbons (Fsp3) is 0.571. The molecule has 1 N–H and O–H groups in total. The summed E-state index contributed by atoms with van der Waals surface area (Å²) in [7, 11) is 0. The molecule has 0 radical (unpaired) electrons. The lowest BCUT2D eigenvalue weighted by atomic mass is 9.84. The van der Waals surface area contributed by atoms with Crippen molar-refractivity contribution in [3.63, 3.8) is 0 Å². The Hall–Kier alpha value is -1.49. The molecule has 108 valence electrons. The molecule has 1 amide bonds. The van der Waals surface area contributed by atoms with Gasteiger partial charge in [0.25, 0.3) is 5.91 Å². The number of furan rings is 1. The molecule has 1 aliphatic carbocycles. The Morgan fingerprint density at radius 3 is 2.70 bits per heavy atom. The average molecular weight is 298 g/mol. The number of hydrogen-bond donors (Lipinski definition) is 1. The molecule has 6 heteroatoms. The van der Waals surface area contributed by atoms with E-state index in [1.54, 1.807) is 0 Å². The summed E-state index contributed by atoms with van der Waals surface area (Å²) < 4.78 is 5.15. The van der Waals surface area contributed by atoms with E-state index in [-0.39, 0.29) is 22.9 Å². The van der Waals surface area contributed by atoms with Crippen LogP contribution >= 0.6 is 11.6 Å². The first kappa shape index (κ1) is 13.5. The molecule has 2 fully saturated rings. The minimum absolute atomic E-state index is 0.0150. The number of likely N-dealkylation sites (tertiary alicyclic amines) is 1. The predicted molar refractivity (Wildman–Crippen MR) is 71.7 cm³/mol. The Morgan fingerprint density at radius 1 is 1.30 bits per heavy atom. The zero-order valence-electron chi connectivity index (χ0n) is 10.9. The van der Waals surface area contributed by atoms with Crippen LogP contribution in [-0.4, -0.2) is 34.0 Å². The summed E-state index contributed by atoms with van der Waals surface area (Å²) in [5.41, 5.74) is 0. The maximum atomic E-state index is 12.5. The summed E-state index contributed by atoms with van der Waals surface area (Å²) in [6, 6.07) is 2.26. The lowest BCUT2D eigenvalue weighted by molar-refractivity contribution is -0.141. The molecular formula is C14H16ClNO4. The summed E-state index contributed by atoms with van der Waals surface area (Å²) in [5.74, 6) is -0.893. The number of halogens is 1. The fourth-order valence-electron chi connectivity index (χ4n) is 3.53. The van der Waals surface area contributed by atoms with Crippen LogP contribution in [0.1, 0.15) is 42.7 Å². The van der Waals surface area contributed by atoms with Gasteiger partial charge in [-0.15, -0.1) is 0 Å². The van der Waals surface area contributed by atoms with Gasteiger partial charge in [-0.05, 0) is 48.9 Å².